The normalized spacial score (nSPS) is 12.8. The van der Waals surface area contributed by atoms with Gasteiger partial charge in [-0.2, -0.15) is 0 Å². The first-order chi connectivity index (χ1) is 37.0. The summed E-state index contributed by atoms with van der Waals surface area (Å²) in [4.78, 5) is 38.0. The minimum atomic E-state index is -0.793. The fourth-order valence-electron chi connectivity index (χ4n) is 8.64. The van der Waals surface area contributed by atoms with Crippen LogP contribution in [0.4, 0.5) is 0 Å². The Balaban J connectivity index is 4.11. The zero-order chi connectivity index (χ0) is 54.3. The molecule has 0 amide bonds. The van der Waals surface area contributed by atoms with Crippen LogP contribution in [0.2, 0.25) is 0 Å². The van der Waals surface area contributed by atoms with Crippen molar-refractivity contribution in [2.75, 3.05) is 13.2 Å². The van der Waals surface area contributed by atoms with Gasteiger partial charge in [0.2, 0.25) is 0 Å². The maximum absolute atomic E-state index is 12.8. The summed E-state index contributed by atoms with van der Waals surface area (Å²) in [6.07, 6.45) is 85.6. The maximum Gasteiger partial charge on any atom is 0.306 e. The number of ether oxygens (including phenoxy) is 3. The van der Waals surface area contributed by atoms with Crippen molar-refractivity contribution in [1.82, 2.24) is 0 Å². The first kappa shape index (κ1) is 71.1. The van der Waals surface area contributed by atoms with Gasteiger partial charge >= 0.3 is 17.9 Å². The highest BCUT2D eigenvalue weighted by Gasteiger charge is 2.19. The van der Waals surface area contributed by atoms with Crippen molar-refractivity contribution in [3.8, 4) is 0 Å². The van der Waals surface area contributed by atoms with Gasteiger partial charge < -0.3 is 14.2 Å². The van der Waals surface area contributed by atoms with Gasteiger partial charge in [0.1, 0.15) is 13.2 Å². The zero-order valence-electron chi connectivity index (χ0n) is 49.0. The number of hydrogen-bond acceptors (Lipinski definition) is 6. The molecule has 0 N–H and O–H groups in total. The van der Waals surface area contributed by atoms with Gasteiger partial charge in [-0.1, -0.05) is 278 Å². The molecule has 0 aliphatic carbocycles. The molecule has 0 bridgehead atoms. The highest BCUT2D eigenvalue weighted by molar-refractivity contribution is 5.71. The molecule has 428 valence electrons. The van der Waals surface area contributed by atoms with Gasteiger partial charge in [0, 0.05) is 19.3 Å². The minimum Gasteiger partial charge on any atom is -0.462 e. The molecule has 0 saturated heterocycles. The number of allylic oxidation sites excluding steroid dienone is 18. The Morgan fingerprint density at radius 1 is 0.280 bits per heavy atom. The molecular formula is C69H116O6. The van der Waals surface area contributed by atoms with Crippen LogP contribution in [0.25, 0.3) is 0 Å². The van der Waals surface area contributed by atoms with Crippen LogP contribution in [0.1, 0.15) is 290 Å². The Morgan fingerprint density at radius 3 is 0.827 bits per heavy atom. The Bertz CT molecular complexity index is 1520. The quantitative estimate of drug-likeness (QED) is 0.0261. The van der Waals surface area contributed by atoms with E-state index in [-0.39, 0.29) is 37.5 Å². The van der Waals surface area contributed by atoms with Crippen molar-refractivity contribution >= 4 is 17.9 Å². The maximum atomic E-state index is 12.8. The lowest BCUT2D eigenvalue weighted by Crippen LogP contribution is -2.30. The van der Waals surface area contributed by atoms with Crippen LogP contribution < -0.4 is 0 Å². The molecule has 0 fully saturated rings. The van der Waals surface area contributed by atoms with Crippen LogP contribution in [0.15, 0.2) is 109 Å². The Hall–Kier alpha value is -3.93. The molecule has 0 heterocycles. The second kappa shape index (κ2) is 62.6. The number of carbonyl (C=O) groups is 3. The topological polar surface area (TPSA) is 78.9 Å². The third-order valence-electron chi connectivity index (χ3n) is 13.3. The van der Waals surface area contributed by atoms with Crippen LogP contribution >= 0.6 is 0 Å². The summed E-state index contributed by atoms with van der Waals surface area (Å²) < 4.78 is 16.8. The minimum absolute atomic E-state index is 0.0893. The van der Waals surface area contributed by atoms with Gasteiger partial charge in [0.05, 0.1) is 0 Å². The molecule has 0 aliphatic rings. The first-order valence-corrected chi connectivity index (χ1v) is 31.4. The number of esters is 3. The predicted octanol–water partition coefficient (Wildman–Crippen LogP) is 21.4. The molecule has 0 rings (SSSR count). The molecular weight excluding hydrogens is 925 g/mol. The molecule has 1 unspecified atom stereocenters. The Labute approximate surface area is 463 Å². The molecule has 6 nitrogen and oxygen atoms in total. The SMILES string of the molecule is CC/C=C\C/C=C\C/C=C\C/C=C\C/C=C\CCCCCC(=O)OC(COC(=O)CCCCCCCCC)COC(=O)CCCCCCCCCCCCCCCCCCCC/C=C\C/C=C\C/C=C\C/C=C\CC. The second-order valence-corrected chi connectivity index (χ2v) is 20.6. The van der Waals surface area contributed by atoms with Crippen LogP contribution in [0.3, 0.4) is 0 Å². The Morgan fingerprint density at radius 2 is 0.520 bits per heavy atom. The lowest BCUT2D eigenvalue weighted by Gasteiger charge is -2.18. The molecule has 0 aliphatic heterocycles. The largest absolute Gasteiger partial charge is 0.462 e. The van der Waals surface area contributed by atoms with E-state index in [4.69, 9.17) is 14.2 Å². The van der Waals surface area contributed by atoms with Crippen molar-refractivity contribution in [3.63, 3.8) is 0 Å². The van der Waals surface area contributed by atoms with Crippen LogP contribution in [-0.2, 0) is 28.6 Å². The first-order valence-electron chi connectivity index (χ1n) is 31.4. The van der Waals surface area contributed by atoms with Crippen molar-refractivity contribution in [1.29, 1.82) is 0 Å². The van der Waals surface area contributed by atoms with Crippen molar-refractivity contribution in [2.45, 2.75) is 297 Å². The van der Waals surface area contributed by atoms with Gasteiger partial charge in [0.15, 0.2) is 6.10 Å². The number of carbonyl (C=O) groups excluding carboxylic acids is 3. The van der Waals surface area contributed by atoms with E-state index in [2.05, 4.69) is 130 Å². The summed E-state index contributed by atoms with van der Waals surface area (Å²) in [6, 6.07) is 0. The monoisotopic (exact) mass is 1040 g/mol. The van der Waals surface area contributed by atoms with Gasteiger partial charge in [-0.05, 0) is 103 Å². The van der Waals surface area contributed by atoms with E-state index >= 15 is 0 Å². The molecule has 0 spiro atoms. The van der Waals surface area contributed by atoms with Gasteiger partial charge in [0.25, 0.3) is 0 Å². The fraction of sp³-hybridized carbons (Fsp3) is 0.696. The summed E-state index contributed by atoms with van der Waals surface area (Å²) in [5, 5.41) is 0. The summed E-state index contributed by atoms with van der Waals surface area (Å²) in [5.74, 6) is -0.922. The lowest BCUT2D eigenvalue weighted by atomic mass is 10.0. The van der Waals surface area contributed by atoms with Crippen molar-refractivity contribution < 1.29 is 28.6 Å². The van der Waals surface area contributed by atoms with E-state index in [9.17, 15) is 14.4 Å². The van der Waals surface area contributed by atoms with Crippen molar-refractivity contribution in [2.24, 2.45) is 0 Å². The molecule has 0 aromatic carbocycles. The molecule has 6 heteroatoms. The van der Waals surface area contributed by atoms with Crippen LogP contribution in [0, 0.1) is 0 Å². The molecule has 0 aromatic rings. The summed E-state index contributed by atoms with van der Waals surface area (Å²) in [5.41, 5.74) is 0. The van der Waals surface area contributed by atoms with E-state index in [1.54, 1.807) is 0 Å². The van der Waals surface area contributed by atoms with E-state index in [1.165, 1.54) is 128 Å². The lowest BCUT2D eigenvalue weighted by molar-refractivity contribution is -0.167. The van der Waals surface area contributed by atoms with Crippen LogP contribution in [0.5, 0.6) is 0 Å². The number of hydrogen-bond donors (Lipinski definition) is 0. The predicted molar refractivity (Wildman–Crippen MR) is 325 cm³/mol. The average molecular weight is 1040 g/mol. The molecule has 0 saturated carbocycles. The Kier molecular flexibility index (Phi) is 59.3. The number of rotatable bonds is 56. The number of unbranched alkanes of at least 4 members (excludes halogenated alkanes) is 27. The summed E-state index contributed by atoms with van der Waals surface area (Å²) in [7, 11) is 0. The van der Waals surface area contributed by atoms with Gasteiger partial charge in [-0.15, -0.1) is 0 Å². The van der Waals surface area contributed by atoms with Crippen molar-refractivity contribution in [3.05, 3.63) is 109 Å². The molecule has 75 heavy (non-hydrogen) atoms. The van der Waals surface area contributed by atoms with Gasteiger partial charge in [-0.3, -0.25) is 14.4 Å². The molecule has 1 atom stereocenters. The van der Waals surface area contributed by atoms with Gasteiger partial charge in [-0.25, -0.2) is 0 Å². The summed E-state index contributed by atoms with van der Waals surface area (Å²) in [6.45, 7) is 6.36. The fourth-order valence-corrected chi connectivity index (χ4v) is 8.64. The average Bonchev–Trinajstić information content (AvgIpc) is 3.41. The summed E-state index contributed by atoms with van der Waals surface area (Å²) >= 11 is 0. The van der Waals surface area contributed by atoms with E-state index in [1.807, 2.05) is 0 Å². The van der Waals surface area contributed by atoms with E-state index < -0.39 is 6.10 Å². The van der Waals surface area contributed by atoms with Crippen LogP contribution in [-0.4, -0.2) is 37.2 Å². The second-order valence-electron chi connectivity index (χ2n) is 20.6. The molecule has 0 aromatic heterocycles. The smallest absolute Gasteiger partial charge is 0.306 e. The highest BCUT2D eigenvalue weighted by atomic mass is 16.6. The molecule has 0 radical (unpaired) electrons. The third-order valence-corrected chi connectivity index (χ3v) is 13.3. The third kappa shape index (κ3) is 60.8. The van der Waals surface area contributed by atoms with E-state index in [0.717, 1.165) is 122 Å². The van der Waals surface area contributed by atoms with E-state index in [0.29, 0.717) is 12.8 Å². The highest BCUT2D eigenvalue weighted by Crippen LogP contribution is 2.16. The standard InChI is InChI=1S/C69H116O6/c1-4-7-10-13-16-18-20-22-24-26-28-29-30-31-32-33-34-35-36-37-38-39-41-42-44-46-48-50-53-56-59-62-68(71)74-65-66(64-73-67(70)61-58-55-52-15-12-9-6-3)75-69(72)63-60-57-54-51-49-47-45-43-40-27-25-23-21-19-17-14-11-8-5-2/h7-8,10-11,16-19,22-25,28-29,40,43,47,49,66H,4-6,9,12-15,20-21,26-27,30-39,41-42,44-46,48,50-65H2,1-3H3/b10-7-,11-8-,18-16-,19-17-,24-22-,25-23-,29-28-,43-40-,49-47-. The zero-order valence-corrected chi connectivity index (χ0v) is 49.0.